The van der Waals surface area contributed by atoms with Crippen LogP contribution >= 0.6 is 11.6 Å². The van der Waals surface area contributed by atoms with Crippen LogP contribution in [0.3, 0.4) is 0 Å². The fourth-order valence-corrected chi connectivity index (χ4v) is 4.76. The molecule has 0 saturated carbocycles. The Balaban J connectivity index is 1.68. The first-order valence-electron chi connectivity index (χ1n) is 11.2. The van der Waals surface area contributed by atoms with Crippen molar-refractivity contribution in [2.45, 2.75) is 84.0 Å². The molecule has 2 N–H and O–H groups in total. The number of allylic oxidation sites excluding steroid dienone is 3. The zero-order valence-electron chi connectivity index (χ0n) is 18.7. The molecular formula is C23H36ClN3O3. The molecule has 7 heteroatoms. The van der Waals surface area contributed by atoms with Gasteiger partial charge in [-0.05, 0) is 56.1 Å². The number of halogens is 1. The largest absolute Gasteiger partial charge is 0.376 e. The van der Waals surface area contributed by atoms with Crippen LogP contribution in [0.15, 0.2) is 22.8 Å². The Morgan fingerprint density at radius 1 is 1.33 bits per heavy atom. The molecule has 2 amide bonds. The first-order valence-corrected chi connectivity index (χ1v) is 11.6. The summed E-state index contributed by atoms with van der Waals surface area (Å²) in [6, 6.07) is -0.764. The predicted molar refractivity (Wildman–Crippen MR) is 119 cm³/mol. The number of nitrogens with zero attached hydrogens (tertiary/aromatic N) is 1. The minimum absolute atomic E-state index is 0.000977. The van der Waals surface area contributed by atoms with Crippen LogP contribution in [0.2, 0.25) is 0 Å². The van der Waals surface area contributed by atoms with Crippen LogP contribution in [0.5, 0.6) is 0 Å². The van der Waals surface area contributed by atoms with Crippen LogP contribution in [-0.4, -0.2) is 60.6 Å². The van der Waals surface area contributed by atoms with E-state index >= 15 is 0 Å². The molecular weight excluding hydrogens is 402 g/mol. The maximum atomic E-state index is 13.6. The van der Waals surface area contributed by atoms with E-state index in [4.69, 9.17) is 16.3 Å². The Bertz CT molecular complexity index is 713. The molecule has 30 heavy (non-hydrogen) atoms. The van der Waals surface area contributed by atoms with Gasteiger partial charge in [0.15, 0.2) is 0 Å². The summed E-state index contributed by atoms with van der Waals surface area (Å²) in [7, 11) is 0. The minimum Gasteiger partial charge on any atom is -0.376 e. The van der Waals surface area contributed by atoms with Crippen LogP contribution in [0.4, 0.5) is 0 Å². The minimum atomic E-state index is -0.405. The lowest BCUT2D eigenvalue weighted by molar-refractivity contribution is -0.142. The molecule has 0 aromatic carbocycles. The van der Waals surface area contributed by atoms with Crippen LogP contribution in [0.25, 0.3) is 0 Å². The van der Waals surface area contributed by atoms with Crippen LogP contribution in [0.1, 0.15) is 59.8 Å². The molecule has 4 atom stereocenters. The van der Waals surface area contributed by atoms with Gasteiger partial charge in [0, 0.05) is 24.7 Å². The number of hydrogen-bond acceptors (Lipinski definition) is 4. The second-order valence-electron chi connectivity index (χ2n) is 9.74. The average Bonchev–Trinajstić information content (AvgIpc) is 3.31. The van der Waals surface area contributed by atoms with E-state index in [9.17, 15) is 9.59 Å². The highest BCUT2D eigenvalue weighted by Gasteiger charge is 2.42. The first kappa shape index (κ1) is 23.3. The molecule has 2 fully saturated rings. The van der Waals surface area contributed by atoms with E-state index in [2.05, 4.69) is 37.5 Å². The van der Waals surface area contributed by atoms with Crippen molar-refractivity contribution in [3.63, 3.8) is 0 Å². The zero-order valence-corrected chi connectivity index (χ0v) is 19.4. The van der Waals surface area contributed by atoms with Gasteiger partial charge in [0.25, 0.3) is 0 Å². The van der Waals surface area contributed by atoms with Gasteiger partial charge < -0.3 is 20.3 Å². The average molecular weight is 438 g/mol. The number of ether oxygens (including phenoxy) is 1. The maximum Gasteiger partial charge on any atom is 0.243 e. The van der Waals surface area contributed by atoms with Crippen LogP contribution in [-0.2, 0) is 14.3 Å². The number of likely N-dealkylation sites (tertiary alicyclic amines) is 1. The van der Waals surface area contributed by atoms with Crippen LogP contribution < -0.4 is 10.6 Å². The summed E-state index contributed by atoms with van der Waals surface area (Å²) in [5.74, 6) is -0.0574. The van der Waals surface area contributed by atoms with Gasteiger partial charge in [0.2, 0.25) is 11.8 Å². The zero-order chi connectivity index (χ0) is 21.9. The SMILES string of the molecule is CC1OCC[C@@H]1NC(=O)[C@@H]1CCCN1C(=O)[C@@H](NCC1=C(Cl)C=CCC1)C(C)(C)C. The number of carbonyl (C=O) groups excluding carboxylic acids is 2. The lowest BCUT2D eigenvalue weighted by Gasteiger charge is -2.36. The Hall–Kier alpha value is -1.37. The molecule has 0 bridgehead atoms. The van der Waals surface area contributed by atoms with E-state index in [1.165, 1.54) is 0 Å². The molecule has 0 spiro atoms. The molecule has 0 aromatic heterocycles. The van der Waals surface area contributed by atoms with E-state index in [1.54, 1.807) is 4.90 Å². The molecule has 2 saturated heterocycles. The molecule has 6 nitrogen and oxygen atoms in total. The third-order valence-corrected chi connectivity index (χ3v) is 6.78. The molecule has 0 radical (unpaired) electrons. The van der Waals surface area contributed by atoms with E-state index in [0.29, 0.717) is 26.1 Å². The summed E-state index contributed by atoms with van der Waals surface area (Å²) in [5, 5.41) is 7.33. The summed E-state index contributed by atoms with van der Waals surface area (Å²) in [6.45, 7) is 10.0. The van der Waals surface area contributed by atoms with Crippen molar-refractivity contribution in [1.29, 1.82) is 0 Å². The highest BCUT2D eigenvalue weighted by molar-refractivity contribution is 6.31. The molecule has 2 heterocycles. The number of carbonyl (C=O) groups is 2. The lowest BCUT2D eigenvalue weighted by Crippen LogP contribution is -2.57. The summed E-state index contributed by atoms with van der Waals surface area (Å²) >= 11 is 6.34. The highest BCUT2D eigenvalue weighted by Crippen LogP contribution is 2.28. The van der Waals surface area contributed by atoms with Crippen molar-refractivity contribution in [2.75, 3.05) is 19.7 Å². The van der Waals surface area contributed by atoms with Crippen molar-refractivity contribution < 1.29 is 14.3 Å². The number of nitrogens with one attached hydrogen (secondary N) is 2. The fourth-order valence-electron chi connectivity index (χ4n) is 4.51. The predicted octanol–water partition coefficient (Wildman–Crippen LogP) is 3.12. The summed E-state index contributed by atoms with van der Waals surface area (Å²) in [4.78, 5) is 28.3. The van der Waals surface area contributed by atoms with Gasteiger partial charge in [0.1, 0.15) is 6.04 Å². The number of rotatable bonds is 6. The second kappa shape index (κ2) is 9.84. The molecule has 3 aliphatic rings. The lowest BCUT2D eigenvalue weighted by atomic mass is 9.85. The van der Waals surface area contributed by atoms with Crippen molar-refractivity contribution >= 4 is 23.4 Å². The Morgan fingerprint density at radius 2 is 2.10 bits per heavy atom. The second-order valence-corrected chi connectivity index (χ2v) is 10.1. The van der Waals surface area contributed by atoms with Crippen molar-refractivity contribution in [3.05, 3.63) is 22.8 Å². The van der Waals surface area contributed by atoms with Gasteiger partial charge in [-0.15, -0.1) is 0 Å². The van der Waals surface area contributed by atoms with E-state index in [-0.39, 0.29) is 35.4 Å². The molecule has 1 unspecified atom stereocenters. The van der Waals surface area contributed by atoms with Crippen molar-refractivity contribution in [2.24, 2.45) is 5.41 Å². The Morgan fingerprint density at radius 3 is 2.73 bits per heavy atom. The van der Waals surface area contributed by atoms with Crippen molar-refractivity contribution in [1.82, 2.24) is 15.5 Å². The van der Waals surface area contributed by atoms with E-state index in [0.717, 1.165) is 36.3 Å². The van der Waals surface area contributed by atoms with Gasteiger partial charge in [-0.1, -0.05) is 38.4 Å². The summed E-state index contributed by atoms with van der Waals surface area (Å²) < 4.78 is 5.56. The van der Waals surface area contributed by atoms with Crippen molar-refractivity contribution in [3.8, 4) is 0 Å². The number of amides is 2. The van der Waals surface area contributed by atoms with Gasteiger partial charge in [-0.2, -0.15) is 0 Å². The molecule has 1 aliphatic carbocycles. The third kappa shape index (κ3) is 5.45. The molecule has 0 aromatic rings. The monoisotopic (exact) mass is 437 g/mol. The molecule has 3 rings (SSSR count). The standard InChI is InChI=1S/C23H36ClN3O3/c1-15-18(11-13-30-15)26-21(28)19-10-7-12-27(19)22(29)20(23(2,3)4)25-14-16-8-5-6-9-17(16)24/h6,9,15,18-20,25H,5,7-8,10-14H2,1-4H3,(H,26,28)/t15?,18-,19-,20+/m0/s1. The van der Waals surface area contributed by atoms with Gasteiger partial charge >= 0.3 is 0 Å². The van der Waals surface area contributed by atoms with Gasteiger partial charge in [-0.25, -0.2) is 0 Å². The maximum absolute atomic E-state index is 13.6. The normalized spacial score (nSPS) is 28.2. The topological polar surface area (TPSA) is 70.7 Å². The Kier molecular flexibility index (Phi) is 7.64. The fraction of sp³-hybridized carbons (Fsp3) is 0.739. The summed E-state index contributed by atoms with van der Waals surface area (Å²) in [5.41, 5.74) is 0.846. The number of hydrogen-bond donors (Lipinski definition) is 2. The highest BCUT2D eigenvalue weighted by atomic mass is 35.5. The van der Waals surface area contributed by atoms with Gasteiger partial charge in [-0.3, -0.25) is 9.59 Å². The Labute approximate surface area is 185 Å². The quantitative estimate of drug-likeness (QED) is 0.669. The summed E-state index contributed by atoms with van der Waals surface area (Å²) in [6.07, 6.45) is 8.28. The van der Waals surface area contributed by atoms with Crippen LogP contribution in [0, 0.1) is 5.41 Å². The molecule has 2 aliphatic heterocycles. The van der Waals surface area contributed by atoms with E-state index in [1.807, 2.05) is 13.0 Å². The van der Waals surface area contributed by atoms with E-state index < -0.39 is 6.04 Å². The van der Waals surface area contributed by atoms with Gasteiger partial charge in [0.05, 0.1) is 18.2 Å². The third-order valence-electron chi connectivity index (χ3n) is 6.39. The smallest absolute Gasteiger partial charge is 0.243 e. The first-order chi connectivity index (χ1) is 14.2. The molecule has 168 valence electrons.